The Balaban J connectivity index is 1.93. The Bertz CT molecular complexity index is 679. The Hall–Kier alpha value is -2.16. The van der Waals surface area contributed by atoms with Gasteiger partial charge < -0.3 is 15.0 Å². The van der Waals surface area contributed by atoms with Gasteiger partial charge in [0.05, 0.1) is 18.5 Å². The van der Waals surface area contributed by atoms with Crippen LogP contribution in [0.2, 0.25) is 0 Å². The lowest BCUT2D eigenvalue weighted by molar-refractivity contribution is 0.414. The maximum atomic E-state index is 5.26. The molecular weight excluding hydrogens is 284 g/mol. The van der Waals surface area contributed by atoms with Gasteiger partial charge in [0, 0.05) is 19.1 Å². The third-order valence-electron chi connectivity index (χ3n) is 4.87. The highest BCUT2D eigenvalue weighted by molar-refractivity contribution is 5.75. The molecule has 3 heteroatoms. The zero-order valence-corrected chi connectivity index (χ0v) is 14.5. The first kappa shape index (κ1) is 15.7. The lowest BCUT2D eigenvalue weighted by Crippen LogP contribution is -2.43. The summed E-state index contributed by atoms with van der Waals surface area (Å²) in [6.45, 7) is 8.56. The van der Waals surface area contributed by atoms with Crippen LogP contribution in [-0.2, 0) is 6.54 Å². The molecule has 2 aromatic rings. The minimum Gasteiger partial charge on any atom is -0.497 e. The van der Waals surface area contributed by atoms with Gasteiger partial charge in [-0.25, -0.2) is 0 Å². The van der Waals surface area contributed by atoms with E-state index in [2.05, 4.69) is 55.3 Å². The van der Waals surface area contributed by atoms with Crippen molar-refractivity contribution in [2.75, 3.05) is 23.9 Å². The number of hydrogen-bond acceptors (Lipinski definition) is 3. The van der Waals surface area contributed by atoms with Crippen LogP contribution >= 0.6 is 0 Å². The molecule has 0 radical (unpaired) electrons. The normalized spacial score (nSPS) is 16.7. The van der Waals surface area contributed by atoms with Crippen LogP contribution in [0.25, 0.3) is 0 Å². The summed E-state index contributed by atoms with van der Waals surface area (Å²) >= 11 is 0. The summed E-state index contributed by atoms with van der Waals surface area (Å²) < 4.78 is 5.26. The Kier molecular flexibility index (Phi) is 4.46. The highest BCUT2D eigenvalue weighted by Gasteiger charge is 2.25. The van der Waals surface area contributed by atoms with Crippen molar-refractivity contribution >= 4 is 11.4 Å². The molecule has 1 heterocycles. The SMILES string of the molecule is CCC1CNc2cc(C)c(C)cc2N1Cc1ccc(OC)cc1. The Morgan fingerprint density at radius 1 is 1.13 bits per heavy atom. The summed E-state index contributed by atoms with van der Waals surface area (Å²) in [7, 11) is 1.71. The van der Waals surface area contributed by atoms with Crippen LogP contribution < -0.4 is 15.0 Å². The first-order valence-corrected chi connectivity index (χ1v) is 8.37. The number of fused-ring (bicyclic) bond motifs is 1. The molecule has 0 fully saturated rings. The first-order valence-electron chi connectivity index (χ1n) is 8.37. The van der Waals surface area contributed by atoms with Crippen molar-refractivity contribution in [3.8, 4) is 5.75 Å². The number of hydrogen-bond donors (Lipinski definition) is 1. The van der Waals surface area contributed by atoms with Gasteiger partial charge in [-0.2, -0.15) is 0 Å². The fourth-order valence-corrected chi connectivity index (χ4v) is 3.22. The van der Waals surface area contributed by atoms with Crippen molar-refractivity contribution in [2.24, 2.45) is 0 Å². The molecule has 3 rings (SSSR count). The summed E-state index contributed by atoms with van der Waals surface area (Å²) in [5.41, 5.74) is 6.58. The van der Waals surface area contributed by atoms with Crippen molar-refractivity contribution < 1.29 is 4.74 Å². The van der Waals surface area contributed by atoms with Crippen LogP contribution in [0.3, 0.4) is 0 Å². The predicted octanol–water partition coefficient (Wildman–Crippen LogP) is 4.52. The molecule has 1 unspecified atom stereocenters. The fraction of sp³-hybridized carbons (Fsp3) is 0.400. The molecule has 2 aromatic carbocycles. The van der Waals surface area contributed by atoms with Crippen LogP contribution in [0.4, 0.5) is 11.4 Å². The molecule has 23 heavy (non-hydrogen) atoms. The molecule has 0 amide bonds. The predicted molar refractivity (Wildman–Crippen MR) is 97.7 cm³/mol. The molecule has 0 saturated carbocycles. The Morgan fingerprint density at radius 2 is 1.83 bits per heavy atom. The average molecular weight is 310 g/mol. The van der Waals surface area contributed by atoms with E-state index in [-0.39, 0.29) is 0 Å². The van der Waals surface area contributed by atoms with Crippen molar-refractivity contribution in [1.29, 1.82) is 0 Å². The fourth-order valence-electron chi connectivity index (χ4n) is 3.22. The van der Waals surface area contributed by atoms with Gasteiger partial charge in [-0.1, -0.05) is 19.1 Å². The van der Waals surface area contributed by atoms with Crippen molar-refractivity contribution in [3.63, 3.8) is 0 Å². The van der Waals surface area contributed by atoms with Gasteiger partial charge >= 0.3 is 0 Å². The van der Waals surface area contributed by atoms with E-state index in [4.69, 9.17) is 4.74 Å². The number of anilines is 2. The van der Waals surface area contributed by atoms with E-state index >= 15 is 0 Å². The molecule has 122 valence electrons. The van der Waals surface area contributed by atoms with Crippen LogP contribution in [-0.4, -0.2) is 19.7 Å². The molecule has 1 aliphatic heterocycles. The number of nitrogens with zero attached hydrogens (tertiary/aromatic N) is 1. The monoisotopic (exact) mass is 310 g/mol. The van der Waals surface area contributed by atoms with E-state index in [0.717, 1.165) is 25.3 Å². The third kappa shape index (κ3) is 3.14. The van der Waals surface area contributed by atoms with E-state index in [1.165, 1.54) is 28.1 Å². The lowest BCUT2D eigenvalue weighted by Gasteiger charge is -2.40. The summed E-state index contributed by atoms with van der Waals surface area (Å²) in [4.78, 5) is 2.54. The van der Waals surface area contributed by atoms with Crippen molar-refractivity contribution in [1.82, 2.24) is 0 Å². The molecule has 1 N–H and O–H groups in total. The number of rotatable bonds is 4. The number of methoxy groups -OCH3 is 1. The van der Waals surface area contributed by atoms with Gasteiger partial charge in [0.15, 0.2) is 0 Å². The van der Waals surface area contributed by atoms with Gasteiger partial charge in [-0.05, 0) is 61.2 Å². The second-order valence-electron chi connectivity index (χ2n) is 6.37. The molecule has 0 spiro atoms. The van der Waals surface area contributed by atoms with E-state index in [1.807, 2.05) is 12.1 Å². The van der Waals surface area contributed by atoms with E-state index in [9.17, 15) is 0 Å². The van der Waals surface area contributed by atoms with Gasteiger partial charge in [0.2, 0.25) is 0 Å². The highest BCUT2D eigenvalue weighted by Crippen LogP contribution is 2.36. The first-order chi connectivity index (χ1) is 11.1. The van der Waals surface area contributed by atoms with Gasteiger partial charge in [0.25, 0.3) is 0 Å². The van der Waals surface area contributed by atoms with E-state index < -0.39 is 0 Å². The molecule has 0 bridgehead atoms. The maximum absolute atomic E-state index is 5.26. The van der Waals surface area contributed by atoms with Crippen molar-refractivity contribution in [3.05, 3.63) is 53.1 Å². The van der Waals surface area contributed by atoms with E-state index in [0.29, 0.717) is 6.04 Å². The zero-order chi connectivity index (χ0) is 16.4. The number of nitrogens with one attached hydrogen (secondary N) is 1. The molecular formula is C20H26N2O. The topological polar surface area (TPSA) is 24.5 Å². The van der Waals surface area contributed by atoms with Crippen LogP contribution in [0.1, 0.15) is 30.0 Å². The summed E-state index contributed by atoms with van der Waals surface area (Å²) in [6.07, 6.45) is 1.13. The summed E-state index contributed by atoms with van der Waals surface area (Å²) in [5.74, 6) is 0.910. The average Bonchev–Trinajstić information content (AvgIpc) is 2.57. The van der Waals surface area contributed by atoms with Gasteiger partial charge in [-0.15, -0.1) is 0 Å². The molecule has 0 aliphatic carbocycles. The second-order valence-corrected chi connectivity index (χ2v) is 6.37. The van der Waals surface area contributed by atoms with Crippen LogP contribution in [0.15, 0.2) is 36.4 Å². The smallest absolute Gasteiger partial charge is 0.118 e. The minimum atomic E-state index is 0.520. The Morgan fingerprint density at radius 3 is 2.48 bits per heavy atom. The standard InChI is InChI=1S/C20H26N2O/c1-5-17-12-21-19-10-14(2)15(3)11-20(19)22(17)13-16-6-8-18(23-4)9-7-16/h6-11,17,21H,5,12-13H2,1-4H3. The van der Waals surface area contributed by atoms with E-state index in [1.54, 1.807) is 7.11 Å². The highest BCUT2D eigenvalue weighted by atomic mass is 16.5. The molecule has 0 saturated heterocycles. The number of ether oxygens (including phenoxy) is 1. The van der Waals surface area contributed by atoms with Crippen LogP contribution in [0.5, 0.6) is 5.75 Å². The largest absolute Gasteiger partial charge is 0.497 e. The summed E-state index contributed by atoms with van der Waals surface area (Å²) in [6, 6.07) is 13.5. The second kappa shape index (κ2) is 6.53. The summed E-state index contributed by atoms with van der Waals surface area (Å²) in [5, 5.41) is 3.60. The molecule has 1 atom stereocenters. The zero-order valence-electron chi connectivity index (χ0n) is 14.5. The van der Waals surface area contributed by atoms with Crippen molar-refractivity contribution in [2.45, 2.75) is 39.8 Å². The minimum absolute atomic E-state index is 0.520. The van der Waals surface area contributed by atoms with Crippen LogP contribution in [0, 0.1) is 13.8 Å². The molecule has 1 aliphatic rings. The van der Waals surface area contributed by atoms with Gasteiger partial charge in [-0.3, -0.25) is 0 Å². The maximum Gasteiger partial charge on any atom is 0.118 e. The number of benzene rings is 2. The molecule has 3 nitrogen and oxygen atoms in total. The molecule has 0 aromatic heterocycles. The van der Waals surface area contributed by atoms with Gasteiger partial charge in [0.1, 0.15) is 5.75 Å². The quantitative estimate of drug-likeness (QED) is 0.898. The lowest BCUT2D eigenvalue weighted by atomic mass is 10.0. The Labute approximate surface area is 139 Å². The third-order valence-corrected chi connectivity index (χ3v) is 4.87. The number of aryl methyl sites for hydroxylation is 2.